The van der Waals surface area contributed by atoms with Crippen molar-refractivity contribution in [3.63, 3.8) is 0 Å². The molecule has 2 saturated heterocycles. The number of amides is 1. The summed E-state index contributed by atoms with van der Waals surface area (Å²) in [7, 11) is 1.21. The highest BCUT2D eigenvalue weighted by Gasteiger charge is 2.52. The Kier molecular flexibility index (Phi) is 18.7. The molecule has 2 aromatic heterocycles. The molecule has 1 amide bonds. The molecule has 2 aromatic carbocycles. The van der Waals surface area contributed by atoms with Crippen molar-refractivity contribution < 1.29 is 61.9 Å². The van der Waals surface area contributed by atoms with Crippen LogP contribution in [0.3, 0.4) is 0 Å². The first-order valence-corrected chi connectivity index (χ1v) is 22.5. The zero-order valence-electron chi connectivity index (χ0n) is 40.0. The highest BCUT2D eigenvalue weighted by molar-refractivity contribution is 5.89. The molecule has 0 aliphatic carbocycles. The second-order valence-electron chi connectivity index (χ2n) is 16.0. The van der Waals surface area contributed by atoms with E-state index < -0.39 is 84.8 Å². The van der Waals surface area contributed by atoms with Crippen LogP contribution in [0, 0.1) is 30.6 Å². The van der Waals surface area contributed by atoms with Gasteiger partial charge in [0.2, 0.25) is 17.5 Å². The predicted octanol–water partition coefficient (Wildman–Crippen LogP) is 4.62. The lowest BCUT2D eigenvalue weighted by atomic mass is 10.1. The Morgan fingerprint density at radius 3 is 1.61 bits per heavy atom. The van der Waals surface area contributed by atoms with Crippen LogP contribution in [-0.2, 0) is 58.8 Å². The molecule has 6 rings (SSSR count). The molecule has 366 valence electrons. The van der Waals surface area contributed by atoms with Crippen LogP contribution < -0.4 is 5.73 Å². The van der Waals surface area contributed by atoms with Gasteiger partial charge in [0.1, 0.15) is 12.2 Å². The van der Waals surface area contributed by atoms with Gasteiger partial charge in [-0.1, -0.05) is 75.3 Å². The quantitative estimate of drug-likeness (QED) is 0.0783. The molecule has 2 N–H and O–H groups in total. The number of esters is 5. The number of carbonyl (C=O) groups excluding carboxylic acids is 6. The maximum Gasteiger partial charge on any atom is 0.378 e. The second kappa shape index (κ2) is 24.6. The molecule has 0 saturated carbocycles. The largest absolute Gasteiger partial charge is 0.463 e. The fraction of sp³-hybridized carbons (Fsp3) is 0.469. The minimum atomic E-state index is -1.09. The number of nitrogens with zero attached hydrogens (tertiary/aromatic N) is 6. The highest BCUT2D eigenvalue weighted by Crippen LogP contribution is 2.37. The van der Waals surface area contributed by atoms with E-state index in [1.165, 1.54) is 57.9 Å². The summed E-state index contributed by atoms with van der Waals surface area (Å²) in [5.74, 6) is 7.45. The Hall–Kier alpha value is -7.42. The van der Waals surface area contributed by atoms with E-state index in [0.29, 0.717) is 12.8 Å². The summed E-state index contributed by atoms with van der Waals surface area (Å²) in [4.78, 5) is 79.6. The van der Waals surface area contributed by atoms with E-state index in [2.05, 4.69) is 50.8 Å². The summed E-state index contributed by atoms with van der Waals surface area (Å²) in [6.07, 6.45) is -1.68. The molecule has 8 atom stereocenters. The van der Waals surface area contributed by atoms with Gasteiger partial charge in [-0.3, -0.25) is 24.0 Å². The molecule has 20 heteroatoms. The van der Waals surface area contributed by atoms with Gasteiger partial charge in [-0.25, -0.2) is 14.2 Å². The van der Waals surface area contributed by atoms with Crippen LogP contribution in [-0.4, -0.2) is 109 Å². The summed E-state index contributed by atoms with van der Waals surface area (Å²) in [6.45, 7) is 12.8. The van der Waals surface area contributed by atoms with E-state index in [0.717, 1.165) is 34.2 Å². The third-order valence-electron chi connectivity index (χ3n) is 10.6. The number of hydrogen-bond donors (Lipinski definition) is 1. The van der Waals surface area contributed by atoms with Gasteiger partial charge in [-0.05, 0) is 74.3 Å². The maximum atomic E-state index is 12.2. The lowest BCUT2D eigenvalue weighted by Crippen LogP contribution is -2.39. The van der Waals surface area contributed by atoms with Crippen molar-refractivity contribution in [3.05, 3.63) is 94.1 Å². The Morgan fingerprint density at radius 2 is 1.13 bits per heavy atom. The number of benzene rings is 2. The Morgan fingerprint density at radius 1 is 0.638 bits per heavy atom. The number of aromatic nitrogens is 6. The van der Waals surface area contributed by atoms with Crippen molar-refractivity contribution in [1.82, 2.24) is 29.5 Å². The van der Waals surface area contributed by atoms with E-state index in [4.69, 9.17) is 38.9 Å². The molecular formula is C49H57N7O13. The molecule has 69 heavy (non-hydrogen) atoms. The third kappa shape index (κ3) is 14.1. The Bertz CT molecular complexity index is 2600. The van der Waals surface area contributed by atoms with Crippen molar-refractivity contribution in [3.8, 4) is 23.7 Å². The van der Waals surface area contributed by atoms with Crippen LogP contribution >= 0.6 is 0 Å². The summed E-state index contributed by atoms with van der Waals surface area (Å²) in [5, 5.41) is 8.51. The molecule has 2 aliphatic rings. The summed E-state index contributed by atoms with van der Waals surface area (Å²) >= 11 is 0. The first-order valence-electron chi connectivity index (χ1n) is 22.5. The molecule has 4 aromatic rings. The molecule has 2 fully saturated rings. The summed E-state index contributed by atoms with van der Waals surface area (Å²) in [6, 6.07) is 15.5. The van der Waals surface area contributed by atoms with Crippen molar-refractivity contribution >= 4 is 35.8 Å². The topological polar surface area (TPSA) is 254 Å². The average Bonchev–Trinajstić information content (AvgIpc) is 4.09. The molecule has 2 unspecified atom stereocenters. The van der Waals surface area contributed by atoms with Crippen LogP contribution in [0.15, 0.2) is 48.5 Å². The van der Waals surface area contributed by atoms with Crippen LogP contribution in [0.5, 0.6) is 0 Å². The fourth-order valence-corrected chi connectivity index (χ4v) is 7.48. The van der Waals surface area contributed by atoms with E-state index in [1.807, 2.05) is 69.3 Å². The van der Waals surface area contributed by atoms with Gasteiger partial charge in [0.15, 0.2) is 36.9 Å². The molecule has 2 aliphatic heterocycles. The van der Waals surface area contributed by atoms with Crippen LogP contribution in [0.25, 0.3) is 0 Å². The SMILES string of the molecule is CCCCCc1ccc(C#Cc2nc(C(N)=O)n([C@@H]3O[C@H](CC)C(OC(C)=O)[C@@H]3OC(C)=O)n2)cc1.CC[C@H]1O[C@@H](n2nc(C(=O)OC)nc2C#Cc2ccc(C)cc2)[C@@H](OC(C)=O)C1OC(C)=O. The number of rotatable bonds is 14. The molecule has 0 spiro atoms. The number of aryl methyl sites for hydroxylation is 2. The predicted molar refractivity (Wildman–Crippen MR) is 243 cm³/mol. The van der Waals surface area contributed by atoms with Crippen molar-refractivity contribution in [2.45, 2.75) is 143 Å². The summed E-state index contributed by atoms with van der Waals surface area (Å²) < 4.78 is 40.8. The fourth-order valence-electron chi connectivity index (χ4n) is 7.48. The minimum Gasteiger partial charge on any atom is -0.463 e. The van der Waals surface area contributed by atoms with Gasteiger partial charge in [0.05, 0.1) is 7.11 Å². The summed E-state index contributed by atoms with van der Waals surface area (Å²) in [5.41, 5.74) is 9.36. The highest BCUT2D eigenvalue weighted by atomic mass is 16.7. The number of nitrogens with two attached hydrogens (primary N) is 1. The van der Waals surface area contributed by atoms with Crippen molar-refractivity contribution in [2.75, 3.05) is 7.11 Å². The number of hydrogen-bond acceptors (Lipinski definition) is 17. The van der Waals surface area contributed by atoms with Gasteiger partial charge in [0, 0.05) is 38.8 Å². The van der Waals surface area contributed by atoms with E-state index in [-0.39, 0.29) is 23.3 Å². The van der Waals surface area contributed by atoms with Crippen molar-refractivity contribution in [2.24, 2.45) is 5.73 Å². The van der Waals surface area contributed by atoms with Gasteiger partial charge >= 0.3 is 29.8 Å². The van der Waals surface area contributed by atoms with Gasteiger partial charge in [-0.2, -0.15) is 9.97 Å². The zero-order chi connectivity index (χ0) is 50.4. The first kappa shape index (κ1) is 52.5. The van der Waals surface area contributed by atoms with Crippen molar-refractivity contribution in [1.29, 1.82) is 0 Å². The average molecular weight is 952 g/mol. The van der Waals surface area contributed by atoms with Gasteiger partial charge < -0.3 is 38.9 Å². The van der Waals surface area contributed by atoms with Crippen LogP contribution in [0.1, 0.15) is 148 Å². The molecule has 0 radical (unpaired) electrons. The normalized spacial score (nSPS) is 21.2. The Labute approximate surface area is 399 Å². The standard InChI is InChI=1S/C26H32N4O6.C23H25N3O7/c1-5-7-8-9-18-10-12-19(13-11-18)14-15-21-28-25(24(27)33)30(29-21)26-23(35-17(4)32)22(34-16(3)31)20(6-2)36-26;1-6-17-19(31-14(3)27)20(32-15(4)28)22(33-17)26-18(24-21(25-26)23(29)30-5)12-11-16-9-7-13(2)8-10-16/h10-13,20,22-23,26H,5-9H2,1-4H3,(H2,27,33);7-10,17,19-20,22H,6H2,1-5H3/t20-,22?,23+,26-;17-,19?,20+,22-/m11/s1. The number of unbranched alkanes of at least 4 members (excludes halogenated alkanes) is 2. The lowest BCUT2D eigenvalue weighted by molar-refractivity contribution is -0.165. The number of primary amides is 1. The monoisotopic (exact) mass is 951 g/mol. The lowest BCUT2D eigenvalue weighted by Gasteiger charge is -2.23. The number of carbonyl (C=O) groups is 6. The first-order chi connectivity index (χ1) is 33.0. The molecule has 4 heterocycles. The Balaban J connectivity index is 0.000000258. The molecular weight excluding hydrogens is 895 g/mol. The second-order valence-corrected chi connectivity index (χ2v) is 16.0. The van der Waals surface area contributed by atoms with E-state index in [9.17, 15) is 28.8 Å². The smallest absolute Gasteiger partial charge is 0.378 e. The van der Waals surface area contributed by atoms with Crippen LogP contribution in [0.2, 0.25) is 0 Å². The molecule has 0 bridgehead atoms. The maximum absolute atomic E-state index is 12.2. The van der Waals surface area contributed by atoms with Crippen LogP contribution in [0.4, 0.5) is 0 Å². The number of methoxy groups -OCH3 is 1. The minimum absolute atomic E-state index is 0.0463. The third-order valence-corrected chi connectivity index (χ3v) is 10.6. The van der Waals surface area contributed by atoms with E-state index >= 15 is 0 Å². The van der Waals surface area contributed by atoms with E-state index in [1.54, 1.807) is 0 Å². The van der Waals surface area contributed by atoms with Gasteiger partial charge in [-0.15, -0.1) is 10.2 Å². The zero-order valence-corrected chi connectivity index (χ0v) is 40.0. The molecule has 20 nitrogen and oxygen atoms in total. The van der Waals surface area contributed by atoms with Gasteiger partial charge in [0.25, 0.3) is 11.7 Å². The number of ether oxygens (including phenoxy) is 7.